The summed E-state index contributed by atoms with van der Waals surface area (Å²) in [6.45, 7) is 6.85. The average molecular weight is 283 g/mol. The Morgan fingerprint density at radius 2 is 2.26 bits per heavy atom. The lowest BCUT2D eigenvalue weighted by atomic mass is 10.1. The van der Waals surface area contributed by atoms with Crippen LogP contribution in [0.4, 0.5) is 5.69 Å². The van der Waals surface area contributed by atoms with Gasteiger partial charge in [-0.3, -0.25) is 0 Å². The van der Waals surface area contributed by atoms with Gasteiger partial charge in [0.05, 0.1) is 18.8 Å². The molecule has 19 heavy (non-hydrogen) atoms. The van der Waals surface area contributed by atoms with Crippen molar-refractivity contribution in [1.29, 1.82) is 0 Å². The Kier molecular flexibility index (Phi) is 5.08. The molecule has 1 aliphatic rings. The van der Waals surface area contributed by atoms with E-state index in [2.05, 4.69) is 42.3 Å². The molecule has 2 unspecified atom stereocenters. The van der Waals surface area contributed by atoms with Crippen molar-refractivity contribution in [2.75, 3.05) is 25.1 Å². The van der Waals surface area contributed by atoms with Gasteiger partial charge in [-0.25, -0.2) is 0 Å². The number of morpholine rings is 1. The van der Waals surface area contributed by atoms with Crippen LogP contribution in [0.5, 0.6) is 0 Å². The molecule has 1 aliphatic heterocycles. The highest BCUT2D eigenvalue weighted by molar-refractivity contribution is 6.31. The second-order valence-corrected chi connectivity index (χ2v) is 5.57. The van der Waals surface area contributed by atoms with Crippen molar-refractivity contribution < 1.29 is 4.74 Å². The quantitative estimate of drug-likeness (QED) is 0.919. The van der Waals surface area contributed by atoms with Gasteiger partial charge in [-0.1, -0.05) is 24.6 Å². The van der Waals surface area contributed by atoms with Gasteiger partial charge in [0.2, 0.25) is 0 Å². The van der Waals surface area contributed by atoms with Crippen LogP contribution in [0.2, 0.25) is 5.02 Å². The van der Waals surface area contributed by atoms with E-state index < -0.39 is 0 Å². The van der Waals surface area contributed by atoms with E-state index in [0.717, 1.165) is 36.7 Å². The Labute approximate surface area is 120 Å². The molecule has 0 amide bonds. The first-order valence-corrected chi connectivity index (χ1v) is 7.34. The monoisotopic (exact) mass is 282 g/mol. The lowest BCUT2D eigenvalue weighted by Gasteiger charge is -2.40. The largest absolute Gasteiger partial charge is 0.375 e. The molecule has 1 N–H and O–H groups in total. The number of nitrogens with zero attached hydrogens (tertiary/aromatic N) is 1. The highest BCUT2D eigenvalue weighted by Crippen LogP contribution is 2.28. The predicted octanol–water partition coefficient (Wildman–Crippen LogP) is 3.06. The summed E-state index contributed by atoms with van der Waals surface area (Å²) in [6, 6.07) is 6.80. The summed E-state index contributed by atoms with van der Waals surface area (Å²) >= 11 is 6.36. The first kappa shape index (κ1) is 14.6. The molecule has 0 aromatic heterocycles. The summed E-state index contributed by atoms with van der Waals surface area (Å²) in [5.74, 6) is 0. The van der Waals surface area contributed by atoms with Gasteiger partial charge in [-0.2, -0.15) is 0 Å². The molecule has 3 nitrogen and oxygen atoms in total. The summed E-state index contributed by atoms with van der Waals surface area (Å²) in [7, 11) is 1.93. The van der Waals surface area contributed by atoms with Gasteiger partial charge in [-0.05, 0) is 38.1 Å². The van der Waals surface area contributed by atoms with Crippen LogP contribution in [0.25, 0.3) is 0 Å². The summed E-state index contributed by atoms with van der Waals surface area (Å²) in [4.78, 5) is 2.42. The molecule has 1 heterocycles. The molecule has 1 aromatic carbocycles. The standard InChI is InChI=1S/C15H23ClN2O/c1-4-13-10-19-11(2)9-18(13)14-6-5-12(8-17-3)15(16)7-14/h5-7,11,13,17H,4,8-10H2,1-3H3. The van der Waals surface area contributed by atoms with Gasteiger partial charge < -0.3 is 15.0 Å². The molecular formula is C15H23ClN2O. The van der Waals surface area contributed by atoms with Crippen molar-refractivity contribution in [3.8, 4) is 0 Å². The van der Waals surface area contributed by atoms with Gasteiger partial charge in [0.15, 0.2) is 0 Å². The van der Waals surface area contributed by atoms with Crippen molar-refractivity contribution in [2.24, 2.45) is 0 Å². The van der Waals surface area contributed by atoms with Crippen molar-refractivity contribution >= 4 is 17.3 Å². The first-order valence-electron chi connectivity index (χ1n) is 6.97. The lowest BCUT2D eigenvalue weighted by Crippen LogP contribution is -2.48. The van der Waals surface area contributed by atoms with E-state index in [-0.39, 0.29) is 6.10 Å². The van der Waals surface area contributed by atoms with E-state index in [0.29, 0.717) is 6.04 Å². The Bertz CT molecular complexity index is 425. The van der Waals surface area contributed by atoms with Gasteiger partial charge in [0.1, 0.15) is 0 Å². The predicted molar refractivity (Wildman–Crippen MR) is 81.1 cm³/mol. The van der Waals surface area contributed by atoms with Gasteiger partial charge in [0, 0.05) is 23.8 Å². The minimum Gasteiger partial charge on any atom is -0.375 e. The second-order valence-electron chi connectivity index (χ2n) is 5.16. The molecular weight excluding hydrogens is 260 g/mol. The maximum absolute atomic E-state index is 6.36. The number of ether oxygens (including phenoxy) is 1. The number of nitrogens with one attached hydrogen (secondary N) is 1. The van der Waals surface area contributed by atoms with E-state index in [1.807, 2.05) is 7.05 Å². The van der Waals surface area contributed by atoms with Crippen LogP contribution < -0.4 is 10.2 Å². The van der Waals surface area contributed by atoms with Crippen molar-refractivity contribution in [1.82, 2.24) is 5.32 Å². The zero-order valence-corrected chi connectivity index (χ0v) is 12.7. The fraction of sp³-hybridized carbons (Fsp3) is 0.600. The summed E-state index contributed by atoms with van der Waals surface area (Å²) in [6.07, 6.45) is 1.36. The third-order valence-electron chi connectivity index (χ3n) is 3.67. The minimum atomic E-state index is 0.276. The molecule has 2 atom stereocenters. The van der Waals surface area contributed by atoms with E-state index >= 15 is 0 Å². The Balaban J connectivity index is 2.21. The number of hydrogen-bond acceptors (Lipinski definition) is 3. The first-order chi connectivity index (χ1) is 9.15. The van der Waals surface area contributed by atoms with Crippen molar-refractivity contribution in [3.05, 3.63) is 28.8 Å². The molecule has 0 aliphatic carbocycles. The number of benzene rings is 1. The lowest BCUT2D eigenvalue weighted by molar-refractivity contribution is 0.0299. The summed E-state index contributed by atoms with van der Waals surface area (Å²) in [5.41, 5.74) is 2.34. The van der Waals surface area contributed by atoms with Crippen LogP contribution in [0.1, 0.15) is 25.8 Å². The van der Waals surface area contributed by atoms with Crippen LogP contribution in [-0.2, 0) is 11.3 Å². The second kappa shape index (κ2) is 6.60. The molecule has 4 heteroatoms. The van der Waals surface area contributed by atoms with Crippen LogP contribution >= 0.6 is 11.6 Å². The number of hydrogen-bond donors (Lipinski definition) is 1. The molecule has 106 valence electrons. The number of anilines is 1. The van der Waals surface area contributed by atoms with Gasteiger partial charge in [0.25, 0.3) is 0 Å². The van der Waals surface area contributed by atoms with Crippen LogP contribution in [0.15, 0.2) is 18.2 Å². The van der Waals surface area contributed by atoms with E-state index in [9.17, 15) is 0 Å². The maximum Gasteiger partial charge on any atom is 0.0723 e. The Hall–Kier alpha value is -0.770. The van der Waals surface area contributed by atoms with Crippen molar-refractivity contribution in [3.63, 3.8) is 0 Å². The number of halogens is 1. The van der Waals surface area contributed by atoms with E-state index in [1.54, 1.807) is 0 Å². The Morgan fingerprint density at radius 1 is 1.47 bits per heavy atom. The molecule has 0 bridgehead atoms. The number of rotatable bonds is 4. The van der Waals surface area contributed by atoms with Crippen LogP contribution in [0, 0.1) is 0 Å². The fourth-order valence-corrected chi connectivity index (χ4v) is 2.79. The SMILES string of the molecule is CCC1COC(C)CN1c1ccc(CNC)c(Cl)c1. The normalized spacial score (nSPS) is 23.7. The average Bonchev–Trinajstić information content (AvgIpc) is 2.41. The highest BCUT2D eigenvalue weighted by Gasteiger charge is 2.25. The maximum atomic E-state index is 6.36. The molecule has 1 saturated heterocycles. The van der Waals surface area contributed by atoms with Crippen LogP contribution in [0.3, 0.4) is 0 Å². The molecule has 0 radical (unpaired) electrons. The minimum absolute atomic E-state index is 0.276. The zero-order valence-electron chi connectivity index (χ0n) is 11.9. The zero-order chi connectivity index (χ0) is 13.8. The van der Waals surface area contributed by atoms with E-state index in [4.69, 9.17) is 16.3 Å². The smallest absolute Gasteiger partial charge is 0.0723 e. The topological polar surface area (TPSA) is 24.5 Å². The molecule has 1 aromatic rings. The third-order valence-corrected chi connectivity index (χ3v) is 4.03. The van der Waals surface area contributed by atoms with Gasteiger partial charge in [-0.15, -0.1) is 0 Å². The Morgan fingerprint density at radius 3 is 2.89 bits per heavy atom. The van der Waals surface area contributed by atoms with Crippen LogP contribution in [-0.4, -0.2) is 32.3 Å². The molecule has 2 rings (SSSR count). The molecule has 0 spiro atoms. The fourth-order valence-electron chi connectivity index (χ4n) is 2.55. The third kappa shape index (κ3) is 3.41. The molecule has 0 saturated carbocycles. The van der Waals surface area contributed by atoms with E-state index in [1.165, 1.54) is 5.69 Å². The highest BCUT2D eigenvalue weighted by atomic mass is 35.5. The summed E-state index contributed by atoms with van der Waals surface area (Å²) in [5, 5.41) is 3.97. The molecule has 1 fully saturated rings. The summed E-state index contributed by atoms with van der Waals surface area (Å²) < 4.78 is 5.74. The van der Waals surface area contributed by atoms with Crippen molar-refractivity contribution in [2.45, 2.75) is 39.0 Å². The van der Waals surface area contributed by atoms with Gasteiger partial charge >= 0.3 is 0 Å².